The molecule has 3 aromatic carbocycles. The molecular weight excluding hydrogens is 432 g/mol. The van der Waals surface area contributed by atoms with Gasteiger partial charge in [-0.2, -0.15) is 5.10 Å². The summed E-state index contributed by atoms with van der Waals surface area (Å²) in [5, 5.41) is 5.41. The normalized spacial score (nSPS) is 14.4. The van der Waals surface area contributed by atoms with E-state index in [1.807, 2.05) is 66.7 Å². The third kappa shape index (κ3) is 4.85. The smallest absolute Gasteiger partial charge is 0.275 e. The van der Waals surface area contributed by atoms with Gasteiger partial charge < -0.3 is 4.90 Å². The minimum Gasteiger partial charge on any atom is -0.369 e. The SMILES string of the molecule is O=c1c(-c2ccccc2)cc(-c2ccc(Cl)cc2)nn1CN1CCN(c2ccccc2)CC1. The van der Waals surface area contributed by atoms with E-state index in [-0.39, 0.29) is 5.56 Å². The van der Waals surface area contributed by atoms with E-state index in [2.05, 4.69) is 34.1 Å². The second-order valence-electron chi connectivity index (χ2n) is 8.20. The lowest BCUT2D eigenvalue weighted by molar-refractivity contribution is 0.192. The molecule has 0 atom stereocenters. The summed E-state index contributed by atoms with van der Waals surface area (Å²) in [7, 11) is 0. The first-order valence-electron chi connectivity index (χ1n) is 11.1. The van der Waals surface area contributed by atoms with Gasteiger partial charge in [-0.05, 0) is 35.9 Å². The molecule has 1 aliphatic heterocycles. The summed E-state index contributed by atoms with van der Waals surface area (Å²) in [6.45, 7) is 4.04. The Morgan fingerprint density at radius 2 is 1.39 bits per heavy atom. The number of benzene rings is 3. The van der Waals surface area contributed by atoms with Crippen LogP contribution in [0.2, 0.25) is 5.02 Å². The van der Waals surface area contributed by atoms with E-state index < -0.39 is 0 Å². The number of anilines is 1. The minimum absolute atomic E-state index is 0.0793. The van der Waals surface area contributed by atoms with Gasteiger partial charge in [0.2, 0.25) is 0 Å². The van der Waals surface area contributed by atoms with Gasteiger partial charge in [0.25, 0.3) is 5.56 Å². The maximum Gasteiger partial charge on any atom is 0.275 e. The van der Waals surface area contributed by atoms with Gasteiger partial charge in [-0.3, -0.25) is 9.69 Å². The van der Waals surface area contributed by atoms with Crippen molar-refractivity contribution in [2.75, 3.05) is 31.1 Å². The summed E-state index contributed by atoms with van der Waals surface area (Å²) >= 11 is 6.08. The van der Waals surface area contributed by atoms with Crippen molar-refractivity contribution in [3.8, 4) is 22.4 Å². The van der Waals surface area contributed by atoms with Crippen molar-refractivity contribution in [3.05, 3.63) is 106 Å². The summed E-state index contributed by atoms with van der Waals surface area (Å²) in [6, 6.07) is 29.7. The summed E-state index contributed by atoms with van der Waals surface area (Å²) in [6.07, 6.45) is 0. The standard InChI is InChI=1S/C27H25ClN4O/c28-23-13-11-22(12-14-23)26-19-25(21-7-3-1-4-8-21)27(33)32(29-26)20-30-15-17-31(18-16-30)24-9-5-2-6-10-24/h1-14,19H,15-18,20H2. The molecule has 0 N–H and O–H groups in total. The average Bonchev–Trinajstić information content (AvgIpc) is 2.87. The number of aromatic nitrogens is 2. The van der Waals surface area contributed by atoms with Crippen molar-refractivity contribution < 1.29 is 0 Å². The van der Waals surface area contributed by atoms with Crippen LogP contribution in [0.4, 0.5) is 5.69 Å². The Balaban J connectivity index is 1.43. The summed E-state index contributed by atoms with van der Waals surface area (Å²) in [4.78, 5) is 18.1. The lowest BCUT2D eigenvalue weighted by atomic mass is 10.0. The molecule has 0 spiro atoms. The highest BCUT2D eigenvalue weighted by molar-refractivity contribution is 6.30. The third-order valence-electron chi connectivity index (χ3n) is 6.03. The molecule has 0 bridgehead atoms. The van der Waals surface area contributed by atoms with Crippen LogP contribution in [0, 0.1) is 0 Å². The molecule has 0 unspecified atom stereocenters. The Bertz CT molecular complexity index is 1270. The molecule has 1 aromatic heterocycles. The molecule has 0 amide bonds. The fourth-order valence-electron chi connectivity index (χ4n) is 4.20. The quantitative estimate of drug-likeness (QED) is 0.423. The fourth-order valence-corrected chi connectivity index (χ4v) is 4.33. The van der Waals surface area contributed by atoms with Crippen LogP contribution in [-0.4, -0.2) is 40.9 Å². The van der Waals surface area contributed by atoms with Crippen LogP contribution in [0.15, 0.2) is 95.8 Å². The van der Waals surface area contributed by atoms with Crippen molar-refractivity contribution in [2.45, 2.75) is 6.67 Å². The zero-order valence-corrected chi connectivity index (χ0v) is 19.0. The number of para-hydroxylation sites is 1. The highest BCUT2D eigenvalue weighted by Crippen LogP contribution is 2.24. The predicted octanol–water partition coefficient (Wildman–Crippen LogP) is 5.01. The van der Waals surface area contributed by atoms with Crippen molar-refractivity contribution in [1.82, 2.24) is 14.7 Å². The summed E-state index contributed by atoms with van der Waals surface area (Å²) in [5.41, 5.74) is 4.39. The first-order valence-corrected chi connectivity index (χ1v) is 11.5. The largest absolute Gasteiger partial charge is 0.369 e. The summed E-state index contributed by atoms with van der Waals surface area (Å²) in [5.74, 6) is 0. The molecule has 33 heavy (non-hydrogen) atoms. The van der Waals surface area contributed by atoms with E-state index in [9.17, 15) is 4.79 Å². The van der Waals surface area contributed by atoms with Gasteiger partial charge in [-0.1, -0.05) is 72.3 Å². The molecule has 5 nitrogen and oxygen atoms in total. The lowest BCUT2D eigenvalue weighted by Crippen LogP contribution is -2.48. The van der Waals surface area contributed by atoms with E-state index >= 15 is 0 Å². The number of hydrogen-bond acceptors (Lipinski definition) is 4. The Kier molecular flexibility index (Phi) is 6.24. The fraction of sp³-hybridized carbons (Fsp3) is 0.185. The van der Waals surface area contributed by atoms with Crippen molar-refractivity contribution in [3.63, 3.8) is 0 Å². The van der Waals surface area contributed by atoms with E-state index in [1.165, 1.54) is 5.69 Å². The highest BCUT2D eigenvalue weighted by Gasteiger charge is 2.19. The van der Waals surface area contributed by atoms with E-state index in [0.717, 1.165) is 43.0 Å². The van der Waals surface area contributed by atoms with Crippen LogP contribution in [0.5, 0.6) is 0 Å². The molecular formula is C27H25ClN4O. The molecule has 166 valence electrons. The molecule has 0 radical (unpaired) electrons. The van der Waals surface area contributed by atoms with Gasteiger partial charge in [0.15, 0.2) is 0 Å². The van der Waals surface area contributed by atoms with Gasteiger partial charge in [-0.15, -0.1) is 0 Å². The molecule has 2 heterocycles. The maximum absolute atomic E-state index is 13.4. The van der Waals surface area contributed by atoms with E-state index in [4.69, 9.17) is 16.7 Å². The van der Waals surface area contributed by atoms with Crippen LogP contribution in [-0.2, 0) is 6.67 Å². The lowest BCUT2D eigenvalue weighted by Gasteiger charge is -2.36. The van der Waals surface area contributed by atoms with Gasteiger partial charge in [0, 0.05) is 42.5 Å². The number of nitrogens with zero attached hydrogens (tertiary/aromatic N) is 4. The van der Waals surface area contributed by atoms with Gasteiger partial charge >= 0.3 is 0 Å². The van der Waals surface area contributed by atoms with Gasteiger partial charge in [-0.25, -0.2) is 4.68 Å². The molecule has 4 aromatic rings. The second-order valence-corrected chi connectivity index (χ2v) is 8.64. The van der Waals surface area contributed by atoms with Gasteiger partial charge in [0.1, 0.15) is 0 Å². The molecule has 6 heteroatoms. The maximum atomic E-state index is 13.4. The minimum atomic E-state index is -0.0793. The molecule has 5 rings (SSSR count). The van der Waals surface area contributed by atoms with E-state index in [0.29, 0.717) is 17.3 Å². The monoisotopic (exact) mass is 456 g/mol. The Labute approximate surface area is 198 Å². The predicted molar refractivity (Wildman–Crippen MR) is 135 cm³/mol. The van der Waals surface area contributed by atoms with Crippen LogP contribution in [0.3, 0.4) is 0 Å². The third-order valence-corrected chi connectivity index (χ3v) is 6.28. The van der Waals surface area contributed by atoms with Crippen molar-refractivity contribution in [1.29, 1.82) is 0 Å². The second kappa shape index (κ2) is 9.61. The zero-order valence-electron chi connectivity index (χ0n) is 18.3. The van der Waals surface area contributed by atoms with Crippen LogP contribution < -0.4 is 10.5 Å². The van der Waals surface area contributed by atoms with Crippen LogP contribution in [0.25, 0.3) is 22.4 Å². The Morgan fingerprint density at radius 1 is 0.758 bits per heavy atom. The van der Waals surface area contributed by atoms with Gasteiger partial charge in [0.05, 0.1) is 17.9 Å². The molecule has 0 saturated carbocycles. The molecule has 1 fully saturated rings. The summed E-state index contributed by atoms with van der Waals surface area (Å²) < 4.78 is 1.60. The number of rotatable bonds is 5. The van der Waals surface area contributed by atoms with Crippen LogP contribution >= 0.6 is 11.6 Å². The highest BCUT2D eigenvalue weighted by atomic mass is 35.5. The van der Waals surface area contributed by atoms with Crippen LogP contribution in [0.1, 0.15) is 0 Å². The first-order chi connectivity index (χ1) is 16.2. The number of hydrogen-bond donors (Lipinski definition) is 0. The molecule has 1 aliphatic rings. The molecule has 0 aliphatic carbocycles. The zero-order chi connectivity index (χ0) is 22.6. The Hall–Kier alpha value is -3.41. The first kappa shape index (κ1) is 21.4. The van der Waals surface area contributed by atoms with E-state index in [1.54, 1.807) is 4.68 Å². The topological polar surface area (TPSA) is 41.4 Å². The molecule has 1 saturated heterocycles. The Morgan fingerprint density at radius 3 is 2.06 bits per heavy atom. The van der Waals surface area contributed by atoms with Crippen molar-refractivity contribution >= 4 is 17.3 Å². The average molecular weight is 457 g/mol. The van der Waals surface area contributed by atoms with Crippen molar-refractivity contribution in [2.24, 2.45) is 0 Å². The number of piperazine rings is 1. The number of halogens is 1.